The number of allylic oxidation sites excluding steroid dienone is 1. The van der Waals surface area contributed by atoms with Crippen molar-refractivity contribution < 1.29 is 4.43 Å². The second-order valence-corrected chi connectivity index (χ2v) is 7.49. The zero-order valence-corrected chi connectivity index (χ0v) is 8.53. The van der Waals surface area contributed by atoms with E-state index in [1.165, 1.54) is 5.57 Å². The van der Waals surface area contributed by atoms with Gasteiger partial charge < -0.3 is 4.43 Å². The Labute approximate surface area is 65.2 Å². The van der Waals surface area contributed by atoms with Crippen LogP contribution in [0.1, 0.15) is 13.8 Å². The highest BCUT2D eigenvalue weighted by Gasteiger charge is 2.20. The fourth-order valence-electron chi connectivity index (χ4n) is 1.17. The normalized spacial score (nSPS) is 11.6. The molecule has 0 atom stereocenters. The first kappa shape index (κ1) is 9.92. The van der Waals surface area contributed by atoms with Gasteiger partial charge in [-0.05, 0) is 33.0 Å². The van der Waals surface area contributed by atoms with E-state index in [2.05, 4.69) is 26.6 Å². The number of hydrogen-bond acceptors (Lipinski definition) is 1. The van der Waals surface area contributed by atoms with Gasteiger partial charge in [0.15, 0.2) is 8.32 Å². The minimum Gasteiger partial charge on any atom is -0.417 e. The van der Waals surface area contributed by atoms with Crippen molar-refractivity contribution in [2.75, 3.05) is 6.61 Å². The van der Waals surface area contributed by atoms with Gasteiger partial charge in [0.2, 0.25) is 0 Å². The van der Waals surface area contributed by atoms with Gasteiger partial charge in [0.1, 0.15) is 0 Å². The Morgan fingerprint density at radius 1 is 1.50 bits per heavy atom. The summed E-state index contributed by atoms with van der Waals surface area (Å²) in [6.45, 7) is 13.3. The van der Waals surface area contributed by atoms with E-state index in [0.29, 0.717) is 0 Å². The summed E-state index contributed by atoms with van der Waals surface area (Å²) in [7, 11) is -1.37. The van der Waals surface area contributed by atoms with Gasteiger partial charge in [0.25, 0.3) is 0 Å². The summed E-state index contributed by atoms with van der Waals surface area (Å²) in [6, 6.07) is 1.08. The minimum absolute atomic E-state index is 0.840. The minimum atomic E-state index is -1.37. The predicted octanol–water partition coefficient (Wildman–Crippen LogP) is 2.80. The van der Waals surface area contributed by atoms with Gasteiger partial charge in [-0.2, -0.15) is 0 Å². The lowest BCUT2D eigenvalue weighted by molar-refractivity contribution is 0.331. The van der Waals surface area contributed by atoms with Crippen molar-refractivity contribution in [3.05, 3.63) is 12.2 Å². The summed E-state index contributed by atoms with van der Waals surface area (Å²) in [5, 5.41) is 0. The van der Waals surface area contributed by atoms with Crippen LogP contribution in [0.4, 0.5) is 0 Å². The van der Waals surface area contributed by atoms with Gasteiger partial charge in [0, 0.05) is 6.61 Å². The quantitative estimate of drug-likeness (QED) is 0.451. The number of rotatable bonds is 4. The highest BCUT2D eigenvalue weighted by Crippen LogP contribution is 2.15. The summed E-state index contributed by atoms with van der Waals surface area (Å²) in [5.41, 5.74) is 1.24. The summed E-state index contributed by atoms with van der Waals surface area (Å²) in [5.74, 6) is 0. The highest BCUT2D eigenvalue weighted by molar-refractivity contribution is 6.71. The van der Waals surface area contributed by atoms with Gasteiger partial charge in [-0.25, -0.2) is 0 Å². The van der Waals surface area contributed by atoms with Crippen LogP contribution >= 0.6 is 0 Å². The van der Waals surface area contributed by atoms with Crippen LogP contribution < -0.4 is 0 Å². The second-order valence-electron chi connectivity index (χ2n) is 3.33. The fourth-order valence-corrected chi connectivity index (χ4v) is 3.51. The Morgan fingerprint density at radius 3 is 2.30 bits per heavy atom. The Morgan fingerprint density at radius 2 is 2.00 bits per heavy atom. The van der Waals surface area contributed by atoms with Gasteiger partial charge in [-0.3, -0.25) is 0 Å². The molecule has 0 amide bonds. The Bertz CT molecular complexity index is 118. The average Bonchev–Trinajstić information content (AvgIpc) is 1.59. The molecule has 1 nitrogen and oxygen atoms in total. The molecule has 0 heterocycles. The first-order valence-electron chi connectivity index (χ1n) is 3.76. The third kappa shape index (κ3) is 4.76. The SMILES string of the molecule is C=C(C)C[Si](C)(C)OCC. The first-order valence-corrected chi connectivity index (χ1v) is 6.88. The second kappa shape index (κ2) is 3.94. The van der Waals surface area contributed by atoms with E-state index in [9.17, 15) is 0 Å². The van der Waals surface area contributed by atoms with E-state index in [1.807, 2.05) is 6.92 Å². The molecule has 0 radical (unpaired) electrons. The molecule has 0 spiro atoms. The van der Waals surface area contributed by atoms with Crippen molar-refractivity contribution in [1.29, 1.82) is 0 Å². The fraction of sp³-hybridized carbons (Fsp3) is 0.750. The standard InChI is InChI=1S/C8H18OSi/c1-6-9-10(4,5)7-8(2)3/h2,6-7H2,1,3-5H3. The molecule has 0 saturated heterocycles. The van der Waals surface area contributed by atoms with Crippen LogP contribution in [0.25, 0.3) is 0 Å². The number of hydrogen-bond donors (Lipinski definition) is 0. The van der Waals surface area contributed by atoms with Crippen LogP contribution in [0.5, 0.6) is 0 Å². The lowest BCUT2D eigenvalue weighted by Crippen LogP contribution is -2.30. The third-order valence-electron chi connectivity index (χ3n) is 1.26. The molecule has 0 aromatic rings. The van der Waals surface area contributed by atoms with Crippen molar-refractivity contribution in [3.63, 3.8) is 0 Å². The first-order chi connectivity index (χ1) is 4.48. The molecule has 0 rings (SSSR count). The third-order valence-corrected chi connectivity index (χ3v) is 3.79. The molecule has 0 unspecified atom stereocenters. The van der Waals surface area contributed by atoms with E-state index >= 15 is 0 Å². The van der Waals surface area contributed by atoms with Crippen LogP contribution in [-0.4, -0.2) is 14.9 Å². The van der Waals surface area contributed by atoms with Crippen LogP contribution in [0.3, 0.4) is 0 Å². The van der Waals surface area contributed by atoms with Crippen molar-refractivity contribution >= 4 is 8.32 Å². The van der Waals surface area contributed by atoms with E-state index in [0.717, 1.165) is 12.7 Å². The average molecular weight is 158 g/mol. The smallest absolute Gasteiger partial charge is 0.190 e. The lowest BCUT2D eigenvalue weighted by atomic mass is 10.4. The topological polar surface area (TPSA) is 9.23 Å². The van der Waals surface area contributed by atoms with Crippen molar-refractivity contribution in [2.24, 2.45) is 0 Å². The molecular weight excluding hydrogens is 140 g/mol. The Kier molecular flexibility index (Phi) is 3.90. The molecule has 0 fully saturated rings. The lowest BCUT2D eigenvalue weighted by Gasteiger charge is -2.21. The largest absolute Gasteiger partial charge is 0.417 e. The van der Waals surface area contributed by atoms with E-state index in [-0.39, 0.29) is 0 Å². The molecule has 0 aromatic carbocycles. The van der Waals surface area contributed by atoms with Gasteiger partial charge in [0.05, 0.1) is 0 Å². The molecule has 60 valence electrons. The molecule has 2 heteroatoms. The van der Waals surface area contributed by atoms with Crippen molar-refractivity contribution in [2.45, 2.75) is 33.0 Å². The summed E-state index contributed by atoms with van der Waals surface area (Å²) >= 11 is 0. The highest BCUT2D eigenvalue weighted by atomic mass is 28.4. The van der Waals surface area contributed by atoms with E-state index in [4.69, 9.17) is 4.43 Å². The summed E-state index contributed by atoms with van der Waals surface area (Å²) < 4.78 is 5.62. The maximum Gasteiger partial charge on any atom is 0.190 e. The molecule has 0 bridgehead atoms. The molecule has 10 heavy (non-hydrogen) atoms. The van der Waals surface area contributed by atoms with Crippen LogP contribution in [0.2, 0.25) is 19.1 Å². The van der Waals surface area contributed by atoms with Crippen LogP contribution in [0, 0.1) is 0 Å². The Hall–Kier alpha value is -0.0831. The van der Waals surface area contributed by atoms with Crippen molar-refractivity contribution in [1.82, 2.24) is 0 Å². The molecule has 0 aromatic heterocycles. The maximum atomic E-state index is 5.62. The zero-order chi connectivity index (χ0) is 8.20. The Balaban J connectivity index is 3.74. The van der Waals surface area contributed by atoms with Crippen LogP contribution in [-0.2, 0) is 4.43 Å². The monoisotopic (exact) mass is 158 g/mol. The maximum absolute atomic E-state index is 5.62. The van der Waals surface area contributed by atoms with Gasteiger partial charge in [-0.15, -0.1) is 6.58 Å². The summed E-state index contributed by atoms with van der Waals surface area (Å²) in [4.78, 5) is 0. The molecule has 0 aliphatic carbocycles. The van der Waals surface area contributed by atoms with Crippen molar-refractivity contribution in [3.8, 4) is 0 Å². The van der Waals surface area contributed by atoms with E-state index in [1.54, 1.807) is 0 Å². The van der Waals surface area contributed by atoms with Gasteiger partial charge >= 0.3 is 0 Å². The molecular formula is C8H18OSi. The molecule has 0 aliphatic rings. The molecule has 0 aliphatic heterocycles. The molecule has 0 N–H and O–H groups in total. The van der Waals surface area contributed by atoms with Gasteiger partial charge in [-0.1, -0.05) is 5.57 Å². The molecule has 0 saturated carbocycles. The zero-order valence-electron chi connectivity index (χ0n) is 7.53. The van der Waals surface area contributed by atoms with Crippen LogP contribution in [0.15, 0.2) is 12.2 Å². The summed E-state index contributed by atoms with van der Waals surface area (Å²) in [6.07, 6.45) is 0. The predicted molar refractivity (Wildman–Crippen MR) is 48.7 cm³/mol. The van der Waals surface area contributed by atoms with E-state index < -0.39 is 8.32 Å².